The Hall–Kier alpha value is -2.34. The molecule has 12 heteroatoms. The first-order valence-corrected chi connectivity index (χ1v) is 10.0. The van der Waals surface area contributed by atoms with Crippen molar-refractivity contribution < 1.29 is 46.1 Å². The van der Waals surface area contributed by atoms with Crippen molar-refractivity contribution >= 4 is 11.9 Å². The fourth-order valence-corrected chi connectivity index (χ4v) is 3.93. The molecule has 3 aliphatic rings. The summed E-state index contributed by atoms with van der Waals surface area (Å²) in [5, 5.41) is 7.12. The first kappa shape index (κ1) is 24.3. The normalized spacial score (nSPS) is 24.0. The Balaban J connectivity index is 0.000000360. The van der Waals surface area contributed by atoms with E-state index in [0.717, 1.165) is 18.5 Å². The number of aliphatic carboxylic acids is 1. The van der Waals surface area contributed by atoms with Crippen LogP contribution in [0.4, 0.5) is 22.0 Å². The van der Waals surface area contributed by atoms with E-state index in [4.69, 9.17) is 19.4 Å². The van der Waals surface area contributed by atoms with Gasteiger partial charge in [0.05, 0.1) is 31.5 Å². The number of carbonyl (C=O) groups excluding carboxylic acids is 1. The van der Waals surface area contributed by atoms with Crippen molar-refractivity contribution in [2.75, 3.05) is 19.7 Å². The summed E-state index contributed by atoms with van der Waals surface area (Å²) in [5.74, 6) is -6.09. The van der Waals surface area contributed by atoms with Gasteiger partial charge in [-0.15, -0.1) is 0 Å². The smallest absolute Gasteiger partial charge is 0.475 e. The molecule has 178 valence electrons. The zero-order chi connectivity index (χ0) is 23.6. The number of ether oxygens (including phenoxy) is 2. The molecule has 1 unspecified atom stereocenters. The third-order valence-corrected chi connectivity index (χ3v) is 5.59. The molecule has 1 spiro atoms. The van der Waals surface area contributed by atoms with Crippen LogP contribution in [-0.4, -0.2) is 70.4 Å². The highest BCUT2D eigenvalue weighted by Crippen LogP contribution is 2.45. The Morgan fingerprint density at radius 2 is 1.88 bits per heavy atom. The summed E-state index contributed by atoms with van der Waals surface area (Å²) < 4.78 is 69.5. The lowest BCUT2D eigenvalue weighted by molar-refractivity contribution is -0.211. The summed E-state index contributed by atoms with van der Waals surface area (Å²) in [5.41, 5.74) is 0.522. The number of amides is 1. The minimum atomic E-state index is -5.08. The number of alkyl halides is 5. The van der Waals surface area contributed by atoms with Gasteiger partial charge in [0.2, 0.25) is 11.8 Å². The number of nitrogens with zero attached hydrogens (tertiary/aromatic N) is 2. The van der Waals surface area contributed by atoms with Gasteiger partial charge < -0.3 is 19.5 Å². The zero-order valence-electron chi connectivity index (χ0n) is 17.0. The molecular weight excluding hydrogens is 443 g/mol. The molecule has 0 aromatic carbocycles. The molecule has 1 saturated carbocycles. The topological polar surface area (TPSA) is 89.0 Å². The van der Waals surface area contributed by atoms with Gasteiger partial charge in [0.25, 0.3) is 0 Å². The van der Waals surface area contributed by atoms with Crippen molar-refractivity contribution in [2.24, 2.45) is 5.92 Å². The minimum Gasteiger partial charge on any atom is -0.475 e. The van der Waals surface area contributed by atoms with E-state index in [0.29, 0.717) is 26.3 Å². The maximum atomic E-state index is 12.9. The monoisotopic (exact) mass is 466 g/mol. The van der Waals surface area contributed by atoms with Crippen molar-refractivity contribution in [2.45, 2.75) is 56.1 Å². The number of pyridine rings is 1. The first-order chi connectivity index (χ1) is 14.9. The van der Waals surface area contributed by atoms with Crippen LogP contribution < -0.4 is 0 Å². The Labute approximate surface area is 180 Å². The summed E-state index contributed by atoms with van der Waals surface area (Å²) in [6.45, 7) is 2.02. The predicted octanol–water partition coefficient (Wildman–Crippen LogP) is 3.04. The van der Waals surface area contributed by atoms with E-state index in [1.807, 2.05) is 18.2 Å². The van der Waals surface area contributed by atoms with Gasteiger partial charge in [-0.3, -0.25) is 9.78 Å². The molecule has 3 fully saturated rings. The van der Waals surface area contributed by atoms with E-state index in [1.54, 1.807) is 11.1 Å². The lowest BCUT2D eigenvalue weighted by Gasteiger charge is -2.54. The number of aromatic nitrogens is 1. The van der Waals surface area contributed by atoms with Gasteiger partial charge in [0.1, 0.15) is 5.60 Å². The Morgan fingerprint density at radius 1 is 1.22 bits per heavy atom. The number of carboxylic acids is 1. The molecule has 1 aliphatic carbocycles. The largest absolute Gasteiger partial charge is 0.490 e. The fraction of sp³-hybridized carbons (Fsp3) is 0.650. The molecule has 1 N–H and O–H groups in total. The van der Waals surface area contributed by atoms with Crippen LogP contribution in [0.3, 0.4) is 0 Å². The maximum absolute atomic E-state index is 12.9. The Morgan fingerprint density at radius 3 is 2.41 bits per heavy atom. The second-order valence-electron chi connectivity index (χ2n) is 8.24. The van der Waals surface area contributed by atoms with E-state index in [2.05, 4.69) is 4.98 Å². The van der Waals surface area contributed by atoms with Crippen molar-refractivity contribution in [3.8, 4) is 0 Å². The van der Waals surface area contributed by atoms with Crippen LogP contribution in [-0.2, 0) is 25.7 Å². The molecule has 32 heavy (non-hydrogen) atoms. The number of halogens is 5. The van der Waals surface area contributed by atoms with Gasteiger partial charge in [0.15, 0.2) is 0 Å². The second kappa shape index (κ2) is 9.26. The summed E-state index contributed by atoms with van der Waals surface area (Å²) in [6.07, 6.45) is -2.36. The number of rotatable bonds is 4. The molecular formula is C20H23F5N2O5. The average molecular weight is 466 g/mol. The molecule has 0 bridgehead atoms. The van der Waals surface area contributed by atoms with Gasteiger partial charge in [0, 0.05) is 38.0 Å². The molecule has 2 saturated heterocycles. The third-order valence-electron chi connectivity index (χ3n) is 5.59. The van der Waals surface area contributed by atoms with Crippen LogP contribution in [0, 0.1) is 5.92 Å². The zero-order valence-corrected chi connectivity index (χ0v) is 17.0. The van der Waals surface area contributed by atoms with E-state index in [9.17, 15) is 26.7 Å². The van der Waals surface area contributed by atoms with E-state index in [1.165, 1.54) is 0 Å². The first-order valence-electron chi connectivity index (χ1n) is 10.0. The molecule has 2 aliphatic heterocycles. The molecule has 1 amide bonds. The van der Waals surface area contributed by atoms with Crippen molar-refractivity contribution in [1.82, 2.24) is 9.88 Å². The molecule has 4 rings (SSSR count). The molecule has 0 radical (unpaired) electrons. The van der Waals surface area contributed by atoms with Gasteiger partial charge in [-0.05, 0) is 18.6 Å². The molecule has 1 aromatic rings. The highest BCUT2D eigenvalue weighted by atomic mass is 19.4. The summed E-state index contributed by atoms with van der Waals surface area (Å²) in [4.78, 5) is 27.0. The number of hydrogen-bond donors (Lipinski definition) is 1. The van der Waals surface area contributed by atoms with Gasteiger partial charge in [-0.25, -0.2) is 13.6 Å². The van der Waals surface area contributed by atoms with Crippen LogP contribution in [0.25, 0.3) is 0 Å². The van der Waals surface area contributed by atoms with E-state index in [-0.39, 0.29) is 30.5 Å². The van der Waals surface area contributed by atoms with Crippen LogP contribution in [0.1, 0.15) is 31.4 Å². The molecule has 7 nitrogen and oxygen atoms in total. The predicted molar refractivity (Wildman–Crippen MR) is 98.7 cm³/mol. The number of hydrogen-bond acceptors (Lipinski definition) is 5. The summed E-state index contributed by atoms with van der Waals surface area (Å²) in [6, 6.07) is 5.72. The SMILES string of the molecule is O=C(C1CC(F)(F)C1)N1CC2(CC(OCc3ccccn3)CCO2)C1.O=C(O)C(F)(F)F. The third kappa shape index (κ3) is 6.12. The lowest BCUT2D eigenvalue weighted by Crippen LogP contribution is -2.68. The van der Waals surface area contributed by atoms with Crippen LogP contribution >= 0.6 is 0 Å². The molecule has 1 atom stereocenters. The van der Waals surface area contributed by atoms with Gasteiger partial charge in [-0.1, -0.05) is 6.07 Å². The van der Waals surface area contributed by atoms with Crippen molar-refractivity contribution in [3.05, 3.63) is 30.1 Å². The number of likely N-dealkylation sites (tertiary alicyclic amines) is 1. The summed E-state index contributed by atoms with van der Waals surface area (Å²) >= 11 is 0. The van der Waals surface area contributed by atoms with Gasteiger partial charge in [-0.2, -0.15) is 13.2 Å². The quantitative estimate of drug-likeness (QED) is 0.687. The lowest BCUT2D eigenvalue weighted by atomic mass is 9.77. The van der Waals surface area contributed by atoms with Crippen molar-refractivity contribution in [1.29, 1.82) is 0 Å². The molecule has 3 heterocycles. The summed E-state index contributed by atoms with van der Waals surface area (Å²) in [7, 11) is 0. The maximum Gasteiger partial charge on any atom is 0.490 e. The average Bonchev–Trinajstić information content (AvgIpc) is 2.69. The Bertz CT molecular complexity index is 806. The van der Waals surface area contributed by atoms with Crippen LogP contribution in [0.2, 0.25) is 0 Å². The van der Waals surface area contributed by atoms with Crippen molar-refractivity contribution in [3.63, 3.8) is 0 Å². The second-order valence-corrected chi connectivity index (χ2v) is 8.24. The number of carboxylic acid groups (broad SMARTS) is 1. The number of carbonyl (C=O) groups is 2. The van der Waals surface area contributed by atoms with Crippen LogP contribution in [0.5, 0.6) is 0 Å². The highest BCUT2D eigenvalue weighted by Gasteiger charge is 2.55. The highest BCUT2D eigenvalue weighted by molar-refractivity contribution is 5.81. The molecule has 1 aromatic heterocycles. The minimum absolute atomic E-state index is 0.0704. The standard InChI is InChI=1S/C18H22F2N2O3.C2HF3O2/c19-18(20)7-13(8-18)16(23)22-11-17(12-22)9-15(4-6-25-17)24-10-14-3-1-2-5-21-14;3-2(4,5)1(6)7/h1-3,5,13,15H,4,6-12H2;(H,6,7). The fourth-order valence-electron chi connectivity index (χ4n) is 3.93. The Kier molecular flexibility index (Phi) is 7.03. The van der Waals surface area contributed by atoms with E-state index < -0.39 is 24.0 Å². The van der Waals surface area contributed by atoms with Crippen LogP contribution in [0.15, 0.2) is 24.4 Å². The van der Waals surface area contributed by atoms with E-state index >= 15 is 0 Å². The van der Waals surface area contributed by atoms with Gasteiger partial charge >= 0.3 is 12.1 Å².